The highest BCUT2D eigenvalue weighted by Crippen LogP contribution is 2.27. The van der Waals surface area contributed by atoms with Gasteiger partial charge in [-0.15, -0.1) is 0 Å². The Kier molecular flexibility index (Phi) is 4.66. The molecule has 0 saturated heterocycles. The van der Waals surface area contributed by atoms with Gasteiger partial charge in [0.05, 0.1) is 11.4 Å². The van der Waals surface area contributed by atoms with E-state index in [9.17, 15) is 8.42 Å². The minimum atomic E-state index is -3.79. The van der Waals surface area contributed by atoms with Crippen LogP contribution < -0.4 is 4.72 Å². The number of benzene rings is 1. The Morgan fingerprint density at radius 1 is 1.03 bits per heavy atom. The van der Waals surface area contributed by atoms with E-state index < -0.39 is 10.0 Å². The average molecular weight is 410 g/mol. The van der Waals surface area contributed by atoms with E-state index >= 15 is 0 Å². The first-order valence-electron chi connectivity index (χ1n) is 9.40. The molecule has 4 aromatic rings. The number of sulfonamides is 1. The van der Waals surface area contributed by atoms with Crippen molar-refractivity contribution in [3.63, 3.8) is 0 Å². The van der Waals surface area contributed by atoms with Crippen LogP contribution in [-0.2, 0) is 16.6 Å². The Hall–Kier alpha value is -3.13. The standard InChI is InChI=1S/C21H23N5O2S/c1-5-25-13-20(22-16(25)4)29(27,28)24-18-11-17(9-8-14(18)2)19-12-26-10-6-7-15(3)21(26)23-19/h6-13,24H,5H2,1-4H3. The summed E-state index contributed by atoms with van der Waals surface area (Å²) in [6, 6.07) is 9.63. The van der Waals surface area contributed by atoms with Gasteiger partial charge in [0.25, 0.3) is 10.0 Å². The Morgan fingerprint density at radius 2 is 1.83 bits per heavy atom. The Bertz CT molecular complexity index is 1320. The predicted octanol–water partition coefficient (Wildman–Crippen LogP) is 3.94. The number of nitrogens with one attached hydrogen (secondary N) is 1. The maximum Gasteiger partial charge on any atom is 0.280 e. The lowest BCUT2D eigenvalue weighted by Gasteiger charge is -2.10. The van der Waals surface area contributed by atoms with Crippen LogP contribution in [0.1, 0.15) is 23.9 Å². The van der Waals surface area contributed by atoms with Crippen LogP contribution in [0, 0.1) is 20.8 Å². The molecule has 150 valence electrons. The van der Waals surface area contributed by atoms with Gasteiger partial charge in [-0.25, -0.2) is 9.97 Å². The van der Waals surface area contributed by atoms with Crippen molar-refractivity contribution in [1.82, 2.24) is 18.9 Å². The summed E-state index contributed by atoms with van der Waals surface area (Å²) >= 11 is 0. The van der Waals surface area contributed by atoms with E-state index in [4.69, 9.17) is 4.98 Å². The van der Waals surface area contributed by atoms with E-state index in [1.54, 1.807) is 17.7 Å². The van der Waals surface area contributed by atoms with E-state index in [0.29, 0.717) is 18.1 Å². The predicted molar refractivity (Wildman–Crippen MR) is 114 cm³/mol. The van der Waals surface area contributed by atoms with Gasteiger partial charge in [-0.1, -0.05) is 18.2 Å². The molecule has 4 rings (SSSR count). The number of aromatic nitrogens is 4. The molecule has 0 aliphatic carbocycles. The van der Waals surface area contributed by atoms with Gasteiger partial charge in [-0.05, 0) is 51.0 Å². The molecule has 1 N–H and O–H groups in total. The number of rotatable bonds is 5. The summed E-state index contributed by atoms with van der Waals surface area (Å²) in [6.07, 6.45) is 5.45. The van der Waals surface area contributed by atoms with Crippen molar-refractivity contribution in [2.75, 3.05) is 4.72 Å². The molecule has 0 aliphatic heterocycles. The summed E-state index contributed by atoms with van der Waals surface area (Å²) in [5.74, 6) is 0.665. The number of anilines is 1. The maximum absolute atomic E-state index is 12.9. The molecule has 0 atom stereocenters. The first-order valence-corrected chi connectivity index (χ1v) is 10.9. The van der Waals surface area contributed by atoms with Gasteiger partial charge in [0.1, 0.15) is 11.5 Å². The maximum atomic E-state index is 12.9. The third kappa shape index (κ3) is 3.51. The molecular formula is C21H23N5O2S. The highest BCUT2D eigenvalue weighted by molar-refractivity contribution is 7.92. The van der Waals surface area contributed by atoms with Crippen molar-refractivity contribution in [3.05, 3.63) is 65.9 Å². The largest absolute Gasteiger partial charge is 0.334 e. The number of aryl methyl sites for hydroxylation is 4. The lowest BCUT2D eigenvalue weighted by molar-refractivity contribution is 0.598. The Morgan fingerprint density at radius 3 is 2.52 bits per heavy atom. The zero-order chi connectivity index (χ0) is 20.8. The molecule has 0 amide bonds. The third-order valence-electron chi connectivity index (χ3n) is 5.03. The average Bonchev–Trinajstić information content (AvgIpc) is 3.28. The molecule has 1 aromatic carbocycles. The molecule has 3 aromatic heterocycles. The summed E-state index contributed by atoms with van der Waals surface area (Å²) in [6.45, 7) is 8.28. The smallest absolute Gasteiger partial charge is 0.280 e. The second-order valence-corrected chi connectivity index (χ2v) is 8.73. The second kappa shape index (κ2) is 7.04. The minimum Gasteiger partial charge on any atom is -0.334 e. The normalized spacial score (nSPS) is 11.9. The van der Waals surface area contributed by atoms with Gasteiger partial charge in [0, 0.05) is 30.7 Å². The lowest BCUT2D eigenvalue weighted by Crippen LogP contribution is -2.14. The molecule has 0 saturated carbocycles. The monoisotopic (exact) mass is 409 g/mol. The second-order valence-electron chi connectivity index (χ2n) is 7.10. The van der Waals surface area contributed by atoms with Crippen LogP contribution in [0.3, 0.4) is 0 Å². The van der Waals surface area contributed by atoms with E-state index in [1.165, 1.54) is 0 Å². The van der Waals surface area contributed by atoms with Crippen LogP contribution in [0.25, 0.3) is 16.9 Å². The van der Waals surface area contributed by atoms with Crippen molar-refractivity contribution in [2.24, 2.45) is 0 Å². The van der Waals surface area contributed by atoms with Crippen molar-refractivity contribution < 1.29 is 8.42 Å². The molecular weight excluding hydrogens is 386 g/mol. The zero-order valence-electron chi connectivity index (χ0n) is 16.8. The van der Waals surface area contributed by atoms with Crippen molar-refractivity contribution >= 4 is 21.4 Å². The molecule has 3 heterocycles. The van der Waals surface area contributed by atoms with Gasteiger partial charge in [-0.3, -0.25) is 4.72 Å². The number of fused-ring (bicyclic) bond motifs is 1. The van der Waals surface area contributed by atoms with Crippen LogP contribution in [0.2, 0.25) is 0 Å². The quantitative estimate of drug-likeness (QED) is 0.541. The zero-order valence-corrected chi connectivity index (χ0v) is 17.7. The Labute approximate surface area is 170 Å². The van der Waals surface area contributed by atoms with Crippen LogP contribution in [0.5, 0.6) is 0 Å². The van der Waals surface area contributed by atoms with Crippen molar-refractivity contribution in [1.29, 1.82) is 0 Å². The van der Waals surface area contributed by atoms with Gasteiger partial charge in [0.15, 0.2) is 5.03 Å². The Balaban J connectivity index is 1.72. The molecule has 8 heteroatoms. The molecule has 0 unspecified atom stereocenters. The highest BCUT2D eigenvalue weighted by Gasteiger charge is 2.20. The van der Waals surface area contributed by atoms with Crippen LogP contribution in [-0.4, -0.2) is 27.4 Å². The van der Waals surface area contributed by atoms with Crippen LogP contribution >= 0.6 is 0 Å². The van der Waals surface area contributed by atoms with Crippen molar-refractivity contribution in [2.45, 2.75) is 39.3 Å². The van der Waals surface area contributed by atoms with E-state index in [2.05, 4.69) is 9.71 Å². The van der Waals surface area contributed by atoms with Gasteiger partial charge >= 0.3 is 0 Å². The lowest BCUT2D eigenvalue weighted by atomic mass is 10.1. The molecule has 7 nitrogen and oxygen atoms in total. The fourth-order valence-corrected chi connectivity index (χ4v) is 4.44. The number of hydrogen-bond donors (Lipinski definition) is 1. The minimum absolute atomic E-state index is 0.0185. The number of nitrogens with zero attached hydrogens (tertiary/aromatic N) is 4. The summed E-state index contributed by atoms with van der Waals surface area (Å²) in [4.78, 5) is 8.90. The number of pyridine rings is 1. The summed E-state index contributed by atoms with van der Waals surface area (Å²) < 4.78 is 32.2. The molecule has 0 aliphatic rings. The first-order chi connectivity index (χ1) is 13.8. The van der Waals surface area contributed by atoms with Crippen LogP contribution in [0.4, 0.5) is 5.69 Å². The van der Waals surface area contributed by atoms with Gasteiger partial charge in [-0.2, -0.15) is 8.42 Å². The third-order valence-corrected chi connectivity index (χ3v) is 6.26. The fraction of sp³-hybridized carbons (Fsp3) is 0.238. The van der Waals surface area contributed by atoms with Crippen LogP contribution in [0.15, 0.2) is 53.9 Å². The van der Waals surface area contributed by atoms with Crippen molar-refractivity contribution in [3.8, 4) is 11.3 Å². The summed E-state index contributed by atoms with van der Waals surface area (Å²) in [5, 5.41) is 0.0185. The molecule has 0 radical (unpaired) electrons. The number of hydrogen-bond acceptors (Lipinski definition) is 4. The first kappa shape index (κ1) is 19.2. The summed E-state index contributed by atoms with van der Waals surface area (Å²) in [7, 11) is -3.79. The fourth-order valence-electron chi connectivity index (χ4n) is 3.31. The number of imidazole rings is 2. The summed E-state index contributed by atoms with van der Waals surface area (Å²) in [5.41, 5.74) is 4.92. The molecule has 0 fully saturated rings. The molecule has 0 bridgehead atoms. The molecule has 0 spiro atoms. The molecule has 29 heavy (non-hydrogen) atoms. The van der Waals surface area contributed by atoms with Gasteiger partial charge in [0.2, 0.25) is 0 Å². The van der Waals surface area contributed by atoms with Gasteiger partial charge < -0.3 is 8.97 Å². The topological polar surface area (TPSA) is 81.3 Å². The van der Waals surface area contributed by atoms with E-state index in [-0.39, 0.29) is 5.03 Å². The SMILES string of the molecule is CCn1cc(S(=O)(=O)Nc2cc(-c3cn4cccc(C)c4n3)ccc2C)nc1C. The van der Waals surface area contributed by atoms with E-state index in [0.717, 1.165) is 28.0 Å². The van der Waals surface area contributed by atoms with E-state index in [1.807, 2.05) is 67.9 Å². The highest BCUT2D eigenvalue weighted by atomic mass is 32.2.